The van der Waals surface area contributed by atoms with E-state index in [4.69, 9.17) is 0 Å². The van der Waals surface area contributed by atoms with E-state index in [1.165, 1.54) is 22.5 Å². The largest absolute Gasteiger partial charge is 0.349 e. The molecule has 1 aliphatic rings. The molecule has 1 N–H and O–H groups in total. The Balaban J connectivity index is 1.31. The fourth-order valence-corrected chi connectivity index (χ4v) is 5.16. The van der Waals surface area contributed by atoms with Crippen molar-refractivity contribution in [2.75, 3.05) is 13.1 Å². The summed E-state index contributed by atoms with van der Waals surface area (Å²) >= 11 is 1.51. The maximum Gasteiger partial charge on any atom is 0.270 e. The number of likely N-dealkylation sites (tertiary alicyclic amines) is 1. The molecule has 0 aliphatic carbocycles. The number of thiazole rings is 1. The lowest BCUT2D eigenvalue weighted by atomic mass is 9.94. The second-order valence-electron chi connectivity index (χ2n) is 8.63. The molecule has 0 radical (unpaired) electrons. The molecule has 5 rings (SSSR count). The molecule has 1 saturated heterocycles. The summed E-state index contributed by atoms with van der Waals surface area (Å²) in [6.45, 7) is 7.25. The number of rotatable bonds is 5. The van der Waals surface area contributed by atoms with Crippen molar-refractivity contribution in [2.24, 2.45) is 0 Å². The fourth-order valence-electron chi connectivity index (χ4n) is 4.32. The minimum Gasteiger partial charge on any atom is -0.349 e. The zero-order valence-corrected chi connectivity index (χ0v) is 19.8. The van der Waals surface area contributed by atoms with Crippen molar-refractivity contribution < 1.29 is 9.59 Å². The number of hydrogen-bond acceptors (Lipinski definition) is 4. The van der Waals surface area contributed by atoms with E-state index in [0.717, 1.165) is 28.2 Å². The highest BCUT2D eigenvalue weighted by Crippen LogP contribution is 2.29. The lowest BCUT2D eigenvalue weighted by Crippen LogP contribution is -2.56. The number of aryl methyl sites for hydroxylation is 3. The van der Waals surface area contributed by atoms with Gasteiger partial charge < -0.3 is 10.2 Å². The molecule has 2 amide bonds. The van der Waals surface area contributed by atoms with E-state index in [1.807, 2.05) is 45.9 Å². The molecule has 0 bridgehead atoms. The summed E-state index contributed by atoms with van der Waals surface area (Å²) < 4.78 is 1.86. The molecule has 2 aromatic heterocycles. The number of amides is 2. The summed E-state index contributed by atoms with van der Waals surface area (Å²) in [7, 11) is 0. The molecule has 1 aliphatic heterocycles. The van der Waals surface area contributed by atoms with Crippen molar-refractivity contribution in [2.45, 2.75) is 33.2 Å². The van der Waals surface area contributed by atoms with Crippen molar-refractivity contribution in [3.8, 4) is 11.1 Å². The molecule has 1 unspecified atom stereocenters. The highest BCUT2D eigenvalue weighted by molar-refractivity contribution is 7.15. The van der Waals surface area contributed by atoms with Crippen LogP contribution >= 0.6 is 11.3 Å². The predicted octanol–water partition coefficient (Wildman–Crippen LogP) is 4.63. The molecule has 168 valence electrons. The van der Waals surface area contributed by atoms with Crippen LogP contribution in [0.4, 0.5) is 0 Å². The number of nitrogens with one attached hydrogen (secondary N) is 1. The quantitative estimate of drug-likeness (QED) is 0.474. The first-order valence-corrected chi connectivity index (χ1v) is 12.0. The Morgan fingerprint density at radius 1 is 1.12 bits per heavy atom. The van der Waals surface area contributed by atoms with Crippen LogP contribution in [-0.4, -0.2) is 45.2 Å². The van der Waals surface area contributed by atoms with Gasteiger partial charge in [-0.1, -0.05) is 36.4 Å². The Kier molecular flexibility index (Phi) is 5.50. The number of carbonyl (C=O) groups excluding carboxylic acids is 2. The molecule has 4 aromatic rings. The van der Waals surface area contributed by atoms with Crippen LogP contribution in [0, 0.1) is 20.8 Å². The molecule has 7 heteroatoms. The topological polar surface area (TPSA) is 66.7 Å². The number of carbonyl (C=O) groups is 2. The van der Waals surface area contributed by atoms with E-state index in [-0.39, 0.29) is 17.9 Å². The van der Waals surface area contributed by atoms with Gasteiger partial charge in [-0.2, -0.15) is 0 Å². The zero-order valence-electron chi connectivity index (χ0n) is 19.0. The van der Waals surface area contributed by atoms with Crippen molar-refractivity contribution in [1.82, 2.24) is 19.6 Å². The van der Waals surface area contributed by atoms with Crippen LogP contribution in [0.3, 0.4) is 0 Å². The highest BCUT2D eigenvalue weighted by atomic mass is 32.1. The normalized spacial score (nSPS) is 15.5. The number of imidazole rings is 1. The Morgan fingerprint density at radius 2 is 1.94 bits per heavy atom. The maximum atomic E-state index is 13.4. The van der Waals surface area contributed by atoms with Gasteiger partial charge >= 0.3 is 0 Å². The van der Waals surface area contributed by atoms with Crippen LogP contribution in [-0.2, 0) is 0 Å². The third-order valence-electron chi connectivity index (χ3n) is 6.53. The van der Waals surface area contributed by atoms with Gasteiger partial charge in [-0.25, -0.2) is 4.98 Å². The van der Waals surface area contributed by atoms with Crippen LogP contribution in [0.1, 0.15) is 44.1 Å². The van der Waals surface area contributed by atoms with Gasteiger partial charge in [0.05, 0.1) is 12.2 Å². The van der Waals surface area contributed by atoms with Crippen LogP contribution < -0.4 is 5.32 Å². The lowest BCUT2D eigenvalue weighted by molar-refractivity contribution is 0.0456. The molecule has 1 atom stereocenters. The van der Waals surface area contributed by atoms with Gasteiger partial charge in [0, 0.05) is 29.7 Å². The van der Waals surface area contributed by atoms with Gasteiger partial charge in [0.2, 0.25) is 0 Å². The van der Waals surface area contributed by atoms with Gasteiger partial charge in [-0.05, 0) is 55.5 Å². The minimum atomic E-state index is -0.168. The Hall–Kier alpha value is -3.45. The van der Waals surface area contributed by atoms with Gasteiger partial charge in [0.15, 0.2) is 4.96 Å². The summed E-state index contributed by atoms with van der Waals surface area (Å²) in [4.78, 5) is 33.2. The lowest BCUT2D eigenvalue weighted by Gasteiger charge is -2.41. The highest BCUT2D eigenvalue weighted by Gasteiger charge is 2.34. The number of nitrogens with zero attached hydrogens (tertiary/aromatic N) is 3. The molecular weight excluding hydrogens is 432 g/mol. The van der Waals surface area contributed by atoms with Gasteiger partial charge in [0.1, 0.15) is 5.69 Å². The van der Waals surface area contributed by atoms with Crippen LogP contribution in [0.15, 0.2) is 54.0 Å². The maximum absolute atomic E-state index is 13.4. The first-order valence-electron chi connectivity index (χ1n) is 11.1. The third kappa shape index (κ3) is 3.82. The average molecular weight is 459 g/mol. The molecular formula is C26H26N4O2S. The van der Waals surface area contributed by atoms with Crippen molar-refractivity contribution in [1.29, 1.82) is 0 Å². The molecule has 6 nitrogen and oxygen atoms in total. The van der Waals surface area contributed by atoms with E-state index in [1.54, 1.807) is 6.20 Å². The minimum absolute atomic E-state index is 0.00903. The molecule has 0 saturated carbocycles. The Bertz CT molecular complexity index is 1370. The smallest absolute Gasteiger partial charge is 0.270 e. The Labute approximate surface area is 196 Å². The molecule has 3 heterocycles. The molecule has 1 fully saturated rings. The van der Waals surface area contributed by atoms with Crippen molar-refractivity contribution in [3.63, 3.8) is 0 Å². The van der Waals surface area contributed by atoms with Crippen molar-refractivity contribution in [3.05, 3.63) is 82.1 Å². The molecule has 33 heavy (non-hydrogen) atoms. The van der Waals surface area contributed by atoms with Crippen molar-refractivity contribution >= 4 is 28.1 Å². The van der Waals surface area contributed by atoms with Crippen LogP contribution in [0.25, 0.3) is 16.1 Å². The number of hydrogen-bond donors (Lipinski definition) is 1. The summed E-state index contributed by atoms with van der Waals surface area (Å²) in [5.41, 5.74) is 6.63. The summed E-state index contributed by atoms with van der Waals surface area (Å²) in [5.74, 6) is -0.159. The average Bonchev–Trinajstić information content (AvgIpc) is 3.38. The summed E-state index contributed by atoms with van der Waals surface area (Å²) in [5, 5.41) is 4.99. The van der Waals surface area contributed by atoms with Crippen LogP contribution in [0.2, 0.25) is 0 Å². The van der Waals surface area contributed by atoms with Gasteiger partial charge in [-0.3, -0.25) is 14.0 Å². The van der Waals surface area contributed by atoms with E-state index in [0.29, 0.717) is 24.3 Å². The number of aromatic nitrogens is 2. The monoisotopic (exact) mass is 458 g/mol. The molecule has 0 spiro atoms. The number of fused-ring (bicyclic) bond motifs is 1. The second kappa shape index (κ2) is 8.48. The summed E-state index contributed by atoms with van der Waals surface area (Å²) in [6, 6.07) is 14.0. The van der Waals surface area contributed by atoms with Gasteiger partial charge in [-0.15, -0.1) is 11.3 Å². The predicted molar refractivity (Wildman–Crippen MR) is 131 cm³/mol. The van der Waals surface area contributed by atoms with E-state index in [2.05, 4.69) is 42.3 Å². The van der Waals surface area contributed by atoms with E-state index < -0.39 is 0 Å². The standard InChI is InChI=1S/C26H26N4O2S/c1-16-8-9-19(12-17(16)2)21-6-4-5-7-22(21)25(32)29-11-10-20(29)13-27-24(31)23-14-28-26-30(23)18(3)15-33-26/h4-9,12,14-15,20H,10-11,13H2,1-3H3,(H,27,31). The Morgan fingerprint density at radius 3 is 2.70 bits per heavy atom. The van der Waals surface area contributed by atoms with Gasteiger partial charge in [0.25, 0.3) is 11.8 Å². The van der Waals surface area contributed by atoms with E-state index in [9.17, 15) is 9.59 Å². The van der Waals surface area contributed by atoms with E-state index >= 15 is 0 Å². The zero-order chi connectivity index (χ0) is 23.1. The first-order chi connectivity index (χ1) is 15.9. The fraction of sp³-hybridized carbons (Fsp3) is 0.269. The third-order valence-corrected chi connectivity index (χ3v) is 7.49. The SMILES string of the molecule is Cc1ccc(-c2ccccc2C(=O)N2CCC2CNC(=O)c2cnc3scc(C)n23)cc1C. The summed E-state index contributed by atoms with van der Waals surface area (Å²) in [6.07, 6.45) is 2.48. The van der Waals surface area contributed by atoms with Crippen LogP contribution in [0.5, 0.6) is 0 Å². The molecule has 2 aromatic carbocycles. The second-order valence-corrected chi connectivity index (χ2v) is 9.47. The first kappa shape index (κ1) is 21.4. The number of benzene rings is 2.